The van der Waals surface area contributed by atoms with Crippen LogP contribution >= 0.6 is 0 Å². The summed E-state index contributed by atoms with van der Waals surface area (Å²) >= 11 is 0. The lowest BCUT2D eigenvalue weighted by atomic mass is 10.0. The molecule has 30 heavy (non-hydrogen) atoms. The Labute approximate surface area is 174 Å². The summed E-state index contributed by atoms with van der Waals surface area (Å²) in [5.74, 6) is -0.725. The summed E-state index contributed by atoms with van der Waals surface area (Å²) in [6.45, 7) is 0. The summed E-state index contributed by atoms with van der Waals surface area (Å²) in [7, 11) is 2.98. The molecule has 0 N–H and O–H groups in total. The van der Waals surface area contributed by atoms with Crippen molar-refractivity contribution in [1.82, 2.24) is 4.98 Å². The maximum atomic E-state index is 13.6. The van der Waals surface area contributed by atoms with Gasteiger partial charge in [0, 0.05) is 18.0 Å². The van der Waals surface area contributed by atoms with E-state index in [9.17, 15) is 9.59 Å². The zero-order valence-electron chi connectivity index (χ0n) is 16.7. The van der Waals surface area contributed by atoms with Gasteiger partial charge in [0.25, 0.3) is 5.91 Å². The Balaban J connectivity index is 1.85. The number of methoxy groups -OCH3 is 1. The molecular formula is C25H20N2O3. The van der Waals surface area contributed by atoms with E-state index in [2.05, 4.69) is 0 Å². The molecule has 1 amide bonds. The molecule has 0 aliphatic carbocycles. The molecule has 1 aromatic heterocycles. The molecule has 0 aliphatic heterocycles. The van der Waals surface area contributed by atoms with E-state index in [0.29, 0.717) is 22.5 Å². The summed E-state index contributed by atoms with van der Waals surface area (Å²) in [5, 5.41) is 0.754. The first-order valence-corrected chi connectivity index (χ1v) is 9.50. The molecule has 1 heterocycles. The van der Waals surface area contributed by atoms with Gasteiger partial charge in [-0.1, -0.05) is 60.7 Å². The van der Waals surface area contributed by atoms with Crippen molar-refractivity contribution < 1.29 is 14.3 Å². The number of carbonyl (C=O) groups excluding carboxylic acids is 2. The third-order valence-corrected chi connectivity index (χ3v) is 4.99. The van der Waals surface area contributed by atoms with Gasteiger partial charge in [0.05, 0.1) is 35.1 Å². The van der Waals surface area contributed by atoms with Crippen molar-refractivity contribution in [2.75, 3.05) is 19.1 Å². The van der Waals surface area contributed by atoms with Gasteiger partial charge in [-0.25, -0.2) is 9.78 Å². The Bertz CT molecular complexity index is 1240. The van der Waals surface area contributed by atoms with Crippen LogP contribution in [0.4, 0.5) is 5.69 Å². The van der Waals surface area contributed by atoms with Crippen LogP contribution in [-0.4, -0.2) is 31.0 Å². The highest BCUT2D eigenvalue weighted by Gasteiger charge is 2.22. The monoisotopic (exact) mass is 396 g/mol. The number of hydrogen-bond acceptors (Lipinski definition) is 4. The van der Waals surface area contributed by atoms with Crippen molar-refractivity contribution in [1.29, 1.82) is 0 Å². The number of amides is 1. The average Bonchev–Trinajstić information content (AvgIpc) is 2.82. The molecular weight excluding hydrogens is 376 g/mol. The van der Waals surface area contributed by atoms with Gasteiger partial charge in [-0.3, -0.25) is 4.79 Å². The van der Waals surface area contributed by atoms with E-state index in [1.165, 1.54) is 12.0 Å². The summed E-state index contributed by atoms with van der Waals surface area (Å²) in [6, 6.07) is 26.0. The lowest BCUT2D eigenvalue weighted by Gasteiger charge is -2.21. The van der Waals surface area contributed by atoms with Gasteiger partial charge in [-0.05, 0) is 24.3 Å². The highest BCUT2D eigenvalue weighted by Crippen LogP contribution is 2.28. The smallest absolute Gasteiger partial charge is 0.339 e. The minimum Gasteiger partial charge on any atom is -0.465 e. The topological polar surface area (TPSA) is 59.5 Å². The van der Waals surface area contributed by atoms with Gasteiger partial charge in [-0.2, -0.15) is 0 Å². The first-order valence-electron chi connectivity index (χ1n) is 9.50. The zero-order chi connectivity index (χ0) is 21.1. The molecule has 4 rings (SSSR count). The number of esters is 1. The molecule has 0 aliphatic rings. The highest BCUT2D eigenvalue weighted by atomic mass is 16.5. The van der Waals surface area contributed by atoms with Crippen LogP contribution in [0.25, 0.3) is 22.2 Å². The predicted octanol–water partition coefficient (Wildman–Crippen LogP) is 4.97. The van der Waals surface area contributed by atoms with E-state index in [-0.39, 0.29) is 5.91 Å². The first kappa shape index (κ1) is 19.3. The van der Waals surface area contributed by atoms with Gasteiger partial charge in [0.2, 0.25) is 0 Å². The largest absolute Gasteiger partial charge is 0.465 e. The van der Waals surface area contributed by atoms with E-state index in [1.807, 2.05) is 54.6 Å². The Morgan fingerprint density at radius 1 is 0.833 bits per heavy atom. The van der Waals surface area contributed by atoms with E-state index in [0.717, 1.165) is 16.5 Å². The van der Waals surface area contributed by atoms with Crippen LogP contribution < -0.4 is 4.90 Å². The Kier molecular flexibility index (Phi) is 5.26. The number of nitrogens with zero attached hydrogens (tertiary/aromatic N) is 2. The van der Waals surface area contributed by atoms with E-state index in [4.69, 9.17) is 9.72 Å². The Morgan fingerprint density at radius 2 is 1.50 bits per heavy atom. The standard InChI is InChI=1S/C25H20N2O3/c1-27(23-15-9-7-13-19(23)25(29)30-2)24(28)20-16-22(17-10-4-3-5-11-17)26-21-14-8-6-12-18(20)21/h3-16H,1-2H3. The number of para-hydroxylation sites is 2. The molecule has 0 radical (unpaired) electrons. The third kappa shape index (κ3) is 3.53. The maximum Gasteiger partial charge on any atom is 0.339 e. The fourth-order valence-corrected chi connectivity index (χ4v) is 3.45. The minimum absolute atomic E-state index is 0.234. The molecule has 3 aromatic carbocycles. The third-order valence-electron chi connectivity index (χ3n) is 4.99. The maximum absolute atomic E-state index is 13.6. The molecule has 0 spiro atoms. The van der Waals surface area contributed by atoms with Gasteiger partial charge in [-0.15, -0.1) is 0 Å². The van der Waals surface area contributed by atoms with Crippen molar-refractivity contribution in [3.8, 4) is 11.3 Å². The number of hydrogen-bond donors (Lipinski definition) is 0. The van der Waals surface area contributed by atoms with Crippen LogP contribution in [0.5, 0.6) is 0 Å². The molecule has 4 aromatic rings. The van der Waals surface area contributed by atoms with Crippen LogP contribution in [0.2, 0.25) is 0 Å². The Morgan fingerprint density at radius 3 is 2.27 bits per heavy atom. The van der Waals surface area contributed by atoms with Gasteiger partial charge in [0.1, 0.15) is 0 Å². The van der Waals surface area contributed by atoms with E-state index >= 15 is 0 Å². The van der Waals surface area contributed by atoms with Crippen LogP contribution in [0.15, 0.2) is 84.9 Å². The van der Waals surface area contributed by atoms with Crippen molar-refractivity contribution in [3.63, 3.8) is 0 Å². The molecule has 0 saturated heterocycles. The lowest BCUT2D eigenvalue weighted by Crippen LogP contribution is -2.28. The van der Waals surface area contributed by atoms with Crippen molar-refractivity contribution in [2.45, 2.75) is 0 Å². The number of ether oxygens (including phenoxy) is 1. The molecule has 5 heteroatoms. The summed E-state index contributed by atoms with van der Waals surface area (Å²) < 4.78 is 4.87. The molecule has 0 unspecified atom stereocenters. The first-order chi connectivity index (χ1) is 14.6. The number of pyridine rings is 1. The van der Waals surface area contributed by atoms with Crippen LogP contribution in [0, 0.1) is 0 Å². The quantitative estimate of drug-likeness (QED) is 0.457. The highest BCUT2D eigenvalue weighted by molar-refractivity contribution is 6.15. The second-order valence-electron chi connectivity index (χ2n) is 6.81. The Hall–Kier alpha value is -3.99. The number of rotatable bonds is 4. The van der Waals surface area contributed by atoms with Crippen molar-refractivity contribution in [3.05, 3.63) is 96.1 Å². The number of carbonyl (C=O) groups is 2. The second-order valence-corrected chi connectivity index (χ2v) is 6.81. The molecule has 0 bridgehead atoms. The number of benzene rings is 3. The predicted molar refractivity (Wildman–Crippen MR) is 118 cm³/mol. The van der Waals surface area contributed by atoms with Crippen LogP contribution in [0.1, 0.15) is 20.7 Å². The minimum atomic E-state index is -0.491. The molecule has 148 valence electrons. The van der Waals surface area contributed by atoms with E-state index < -0.39 is 5.97 Å². The number of fused-ring (bicyclic) bond motifs is 1. The van der Waals surface area contributed by atoms with Crippen LogP contribution in [-0.2, 0) is 4.74 Å². The molecule has 5 nitrogen and oxygen atoms in total. The average molecular weight is 396 g/mol. The number of aromatic nitrogens is 1. The molecule has 0 fully saturated rings. The summed E-state index contributed by atoms with van der Waals surface area (Å²) in [6.07, 6.45) is 0. The lowest BCUT2D eigenvalue weighted by molar-refractivity contribution is 0.0601. The van der Waals surface area contributed by atoms with Crippen molar-refractivity contribution in [2.24, 2.45) is 0 Å². The van der Waals surface area contributed by atoms with Gasteiger partial charge < -0.3 is 9.64 Å². The van der Waals surface area contributed by atoms with Gasteiger partial charge in [0.15, 0.2) is 0 Å². The van der Waals surface area contributed by atoms with Gasteiger partial charge >= 0.3 is 5.97 Å². The van der Waals surface area contributed by atoms with Crippen molar-refractivity contribution >= 4 is 28.5 Å². The molecule has 0 atom stereocenters. The SMILES string of the molecule is COC(=O)c1ccccc1N(C)C(=O)c1cc(-c2ccccc2)nc2ccccc12. The molecule has 0 saturated carbocycles. The summed E-state index contributed by atoms with van der Waals surface area (Å²) in [5.41, 5.74) is 3.70. The second kappa shape index (κ2) is 8.17. The fourth-order valence-electron chi connectivity index (χ4n) is 3.45. The number of anilines is 1. The normalized spacial score (nSPS) is 10.6. The zero-order valence-corrected chi connectivity index (χ0v) is 16.7. The van der Waals surface area contributed by atoms with E-state index in [1.54, 1.807) is 37.4 Å². The summed E-state index contributed by atoms with van der Waals surface area (Å²) in [4.78, 5) is 31.9. The van der Waals surface area contributed by atoms with Crippen LogP contribution in [0.3, 0.4) is 0 Å². The fraction of sp³-hybridized carbons (Fsp3) is 0.0800.